The number of nitrogens with zero attached hydrogens (tertiary/aromatic N) is 2. The van der Waals surface area contributed by atoms with E-state index < -0.39 is 12.1 Å². The Balaban J connectivity index is 1.63. The van der Waals surface area contributed by atoms with Gasteiger partial charge < -0.3 is 14.0 Å². The number of rotatable bonds is 5. The third-order valence-corrected chi connectivity index (χ3v) is 3.55. The zero-order valence-electron chi connectivity index (χ0n) is 14.2. The van der Waals surface area contributed by atoms with Crippen LogP contribution in [0.25, 0.3) is 0 Å². The minimum atomic E-state index is -0.532. The Bertz CT molecular complexity index is 854. The summed E-state index contributed by atoms with van der Waals surface area (Å²) in [5.74, 6) is 1.38. The summed E-state index contributed by atoms with van der Waals surface area (Å²) in [6, 6.07) is 12.6. The van der Waals surface area contributed by atoms with Gasteiger partial charge in [0.25, 0.3) is 0 Å². The lowest BCUT2D eigenvalue weighted by Gasteiger charge is -2.10. The maximum atomic E-state index is 12.2. The Hall–Kier alpha value is -3.15. The topological polar surface area (TPSA) is 74.5 Å². The first-order chi connectivity index (χ1) is 12.0. The average Bonchev–Trinajstić information content (AvgIpc) is 3.04. The van der Waals surface area contributed by atoms with Crippen molar-refractivity contribution in [2.24, 2.45) is 0 Å². The smallest absolute Gasteiger partial charge is 0.357 e. The lowest BCUT2D eigenvalue weighted by atomic mass is 10.2. The number of benzene rings is 1. The number of hydrogen-bond acceptors (Lipinski definition) is 6. The molecule has 2 aromatic heterocycles. The van der Waals surface area contributed by atoms with E-state index >= 15 is 0 Å². The van der Waals surface area contributed by atoms with E-state index in [1.165, 1.54) is 6.20 Å². The largest absolute Gasteiger partial charge is 0.456 e. The molecule has 6 heteroatoms. The van der Waals surface area contributed by atoms with Crippen LogP contribution in [0.4, 0.5) is 0 Å². The summed E-state index contributed by atoms with van der Waals surface area (Å²) in [5, 5.41) is 3.84. The Morgan fingerprint density at radius 2 is 1.80 bits per heavy atom. The first kappa shape index (κ1) is 16.7. The van der Waals surface area contributed by atoms with Crippen LogP contribution < -0.4 is 4.74 Å². The van der Waals surface area contributed by atoms with Crippen molar-refractivity contribution < 1.29 is 18.8 Å². The zero-order valence-corrected chi connectivity index (χ0v) is 14.2. The van der Waals surface area contributed by atoms with Crippen LogP contribution in [0.2, 0.25) is 0 Å². The van der Waals surface area contributed by atoms with Gasteiger partial charge in [-0.2, -0.15) is 0 Å². The summed E-state index contributed by atoms with van der Waals surface area (Å²) in [6.07, 6.45) is 0.969. The molecular formula is C19H18N2O4. The lowest BCUT2D eigenvalue weighted by Crippen LogP contribution is -2.11. The maximum absolute atomic E-state index is 12.2. The molecule has 0 bridgehead atoms. The number of ether oxygens (including phenoxy) is 2. The second-order valence-electron chi connectivity index (χ2n) is 5.70. The normalized spacial score (nSPS) is 11.8. The highest BCUT2D eigenvalue weighted by molar-refractivity contribution is 5.87. The van der Waals surface area contributed by atoms with Gasteiger partial charge in [-0.15, -0.1) is 0 Å². The minimum absolute atomic E-state index is 0.198. The molecule has 1 unspecified atom stereocenters. The van der Waals surface area contributed by atoms with Crippen molar-refractivity contribution in [3.8, 4) is 11.5 Å². The number of carbonyl (C=O) groups excluding carboxylic acids is 1. The Labute approximate surface area is 145 Å². The fraction of sp³-hybridized carbons (Fsp3) is 0.211. The summed E-state index contributed by atoms with van der Waals surface area (Å²) in [5.41, 5.74) is 1.91. The van der Waals surface area contributed by atoms with Gasteiger partial charge in [0.05, 0.1) is 6.20 Å². The van der Waals surface area contributed by atoms with Gasteiger partial charge in [-0.05, 0) is 45.0 Å². The van der Waals surface area contributed by atoms with Gasteiger partial charge in [-0.25, -0.2) is 9.78 Å². The molecule has 0 aliphatic carbocycles. The van der Waals surface area contributed by atoms with Crippen LogP contribution >= 0.6 is 0 Å². The third kappa shape index (κ3) is 4.23. The molecule has 0 radical (unpaired) electrons. The summed E-state index contributed by atoms with van der Waals surface area (Å²) < 4.78 is 16.0. The van der Waals surface area contributed by atoms with Crippen molar-refractivity contribution in [1.82, 2.24) is 10.1 Å². The molecule has 2 heterocycles. The summed E-state index contributed by atoms with van der Waals surface area (Å²) in [7, 11) is 0. The van der Waals surface area contributed by atoms with E-state index in [1.807, 2.05) is 31.2 Å². The van der Waals surface area contributed by atoms with Gasteiger partial charge in [0.1, 0.15) is 34.8 Å². The van der Waals surface area contributed by atoms with Crippen molar-refractivity contribution in [1.29, 1.82) is 0 Å². The van der Waals surface area contributed by atoms with Crippen LogP contribution in [0, 0.1) is 13.8 Å². The lowest BCUT2D eigenvalue weighted by molar-refractivity contribution is 0.0316. The summed E-state index contributed by atoms with van der Waals surface area (Å²) in [6.45, 7) is 5.51. The van der Waals surface area contributed by atoms with E-state index in [4.69, 9.17) is 14.0 Å². The van der Waals surface area contributed by atoms with Gasteiger partial charge in [-0.1, -0.05) is 22.9 Å². The van der Waals surface area contributed by atoms with Crippen LogP contribution in [0.5, 0.6) is 11.5 Å². The second-order valence-corrected chi connectivity index (χ2v) is 5.70. The van der Waals surface area contributed by atoms with Gasteiger partial charge in [0.15, 0.2) is 0 Å². The Morgan fingerprint density at radius 3 is 2.40 bits per heavy atom. The molecule has 3 rings (SSSR count). The minimum Gasteiger partial charge on any atom is -0.456 e. The highest BCUT2D eigenvalue weighted by Crippen LogP contribution is 2.22. The monoisotopic (exact) mass is 338 g/mol. The Kier molecular flexibility index (Phi) is 4.79. The standard InChI is InChI=1S/C19H18N2O4/c1-12-4-6-15(7-5-12)24-16-8-9-17(20-11-16)19(22)23-14(3)18-10-13(2)25-21-18/h4-11,14H,1-3H3. The van der Waals surface area contributed by atoms with E-state index in [0.717, 1.165) is 5.56 Å². The fourth-order valence-corrected chi connectivity index (χ4v) is 2.16. The summed E-state index contributed by atoms with van der Waals surface area (Å²) >= 11 is 0. The van der Waals surface area contributed by atoms with Crippen LogP contribution in [0.15, 0.2) is 53.2 Å². The van der Waals surface area contributed by atoms with E-state index in [0.29, 0.717) is 23.0 Å². The van der Waals surface area contributed by atoms with Crippen molar-refractivity contribution in [2.75, 3.05) is 0 Å². The zero-order chi connectivity index (χ0) is 17.8. The molecule has 0 N–H and O–H groups in total. The SMILES string of the molecule is Cc1ccc(Oc2ccc(C(=O)OC(C)c3cc(C)on3)nc2)cc1. The van der Waals surface area contributed by atoms with Crippen molar-refractivity contribution >= 4 is 5.97 Å². The van der Waals surface area contributed by atoms with Crippen LogP contribution in [0.1, 0.15) is 40.5 Å². The number of hydrogen-bond donors (Lipinski definition) is 0. The second kappa shape index (κ2) is 7.17. The Morgan fingerprint density at radius 1 is 1.08 bits per heavy atom. The van der Waals surface area contributed by atoms with E-state index in [-0.39, 0.29) is 5.69 Å². The summed E-state index contributed by atoms with van der Waals surface area (Å²) in [4.78, 5) is 16.3. The molecule has 6 nitrogen and oxygen atoms in total. The van der Waals surface area contributed by atoms with Crippen LogP contribution in [0.3, 0.4) is 0 Å². The number of carbonyl (C=O) groups is 1. The molecule has 0 aliphatic rings. The predicted octanol–water partition coefficient (Wildman–Crippen LogP) is 4.40. The van der Waals surface area contributed by atoms with Gasteiger partial charge in [-0.3, -0.25) is 0 Å². The van der Waals surface area contributed by atoms with Crippen LogP contribution in [-0.4, -0.2) is 16.1 Å². The van der Waals surface area contributed by atoms with E-state index in [9.17, 15) is 4.79 Å². The van der Waals surface area contributed by atoms with Crippen molar-refractivity contribution in [2.45, 2.75) is 26.9 Å². The molecule has 0 saturated heterocycles. The molecule has 128 valence electrons. The number of esters is 1. The molecule has 3 aromatic rings. The molecule has 0 spiro atoms. The number of aromatic nitrogens is 2. The van der Waals surface area contributed by atoms with E-state index in [1.54, 1.807) is 32.0 Å². The first-order valence-corrected chi connectivity index (χ1v) is 7.86. The average molecular weight is 338 g/mol. The highest BCUT2D eigenvalue weighted by atomic mass is 16.5. The van der Waals surface area contributed by atoms with Crippen molar-refractivity contribution in [3.05, 3.63) is 71.4 Å². The molecule has 0 saturated carbocycles. The third-order valence-electron chi connectivity index (χ3n) is 3.55. The fourth-order valence-electron chi connectivity index (χ4n) is 2.16. The molecule has 0 aliphatic heterocycles. The van der Waals surface area contributed by atoms with Gasteiger partial charge >= 0.3 is 5.97 Å². The van der Waals surface area contributed by atoms with Crippen molar-refractivity contribution in [3.63, 3.8) is 0 Å². The van der Waals surface area contributed by atoms with Gasteiger partial charge in [0, 0.05) is 6.07 Å². The number of aryl methyl sites for hydroxylation is 2. The molecule has 0 amide bonds. The molecule has 0 fully saturated rings. The maximum Gasteiger partial charge on any atom is 0.357 e. The van der Waals surface area contributed by atoms with Gasteiger partial charge in [0.2, 0.25) is 0 Å². The molecule has 25 heavy (non-hydrogen) atoms. The van der Waals surface area contributed by atoms with Crippen LogP contribution in [-0.2, 0) is 4.74 Å². The number of pyridine rings is 1. The molecular weight excluding hydrogens is 320 g/mol. The predicted molar refractivity (Wildman–Crippen MR) is 90.6 cm³/mol. The highest BCUT2D eigenvalue weighted by Gasteiger charge is 2.17. The quantitative estimate of drug-likeness (QED) is 0.642. The molecule has 1 aromatic carbocycles. The van der Waals surface area contributed by atoms with E-state index in [2.05, 4.69) is 10.1 Å². The molecule has 1 atom stereocenters. The first-order valence-electron chi connectivity index (χ1n) is 7.86.